The van der Waals surface area contributed by atoms with Gasteiger partial charge in [-0.15, -0.1) is 0 Å². The molecule has 0 fully saturated rings. The lowest BCUT2D eigenvalue weighted by Crippen LogP contribution is -2.22. The maximum Gasteiger partial charge on any atom is 0.268 e. The predicted molar refractivity (Wildman–Crippen MR) is 65.9 cm³/mol. The molecule has 0 saturated carbocycles. The molecule has 0 aliphatic rings. The average Bonchev–Trinajstić information content (AvgIpc) is 2.36. The zero-order valence-corrected chi connectivity index (χ0v) is 9.99. The quantitative estimate of drug-likeness (QED) is 0.835. The first-order chi connectivity index (χ1) is 8.61. The van der Waals surface area contributed by atoms with Gasteiger partial charge in [0.05, 0.1) is 11.6 Å². The molecule has 3 nitrogen and oxygen atoms in total. The van der Waals surface area contributed by atoms with Crippen LogP contribution in [0, 0.1) is 17.1 Å². The Hall–Kier alpha value is -2.12. The van der Waals surface area contributed by atoms with Crippen LogP contribution in [0.4, 0.5) is 4.39 Å². The fourth-order valence-corrected chi connectivity index (χ4v) is 1.70. The van der Waals surface area contributed by atoms with Crippen LogP contribution in [0.25, 0.3) is 0 Å². The second-order valence-corrected chi connectivity index (χ2v) is 4.12. The zero-order chi connectivity index (χ0) is 13.1. The van der Waals surface area contributed by atoms with Gasteiger partial charge in [-0.05, 0) is 29.8 Å². The van der Waals surface area contributed by atoms with Gasteiger partial charge in [-0.2, -0.15) is 5.26 Å². The largest absolute Gasteiger partial charge is 0.310 e. The van der Waals surface area contributed by atoms with Gasteiger partial charge >= 0.3 is 0 Å². The van der Waals surface area contributed by atoms with Crippen molar-refractivity contribution in [3.63, 3.8) is 0 Å². The molecule has 0 aliphatic carbocycles. The van der Waals surface area contributed by atoms with Gasteiger partial charge in [-0.25, -0.2) is 4.39 Å². The number of nitriles is 1. The Balaban J connectivity index is 2.38. The lowest BCUT2D eigenvalue weighted by atomic mass is 10.2. The van der Waals surface area contributed by atoms with Gasteiger partial charge < -0.3 is 4.57 Å². The second kappa shape index (κ2) is 5.03. The van der Waals surface area contributed by atoms with Crippen molar-refractivity contribution in [2.24, 2.45) is 0 Å². The molecule has 2 rings (SSSR count). The van der Waals surface area contributed by atoms with Crippen LogP contribution in [0.15, 0.2) is 41.3 Å². The van der Waals surface area contributed by atoms with Gasteiger partial charge in [0.25, 0.3) is 5.56 Å². The first-order valence-electron chi connectivity index (χ1n) is 5.15. The van der Waals surface area contributed by atoms with E-state index in [9.17, 15) is 9.18 Å². The standard InChI is InChI=1S/C13H8ClFN2O/c14-11-4-3-9(6-12(11)15)8-17-5-1-2-10(7-16)13(17)18/h1-6H,8H2. The summed E-state index contributed by atoms with van der Waals surface area (Å²) in [7, 11) is 0. The predicted octanol–water partition coefficient (Wildman–Crippen LogP) is 2.56. The van der Waals surface area contributed by atoms with E-state index in [1.54, 1.807) is 18.3 Å². The van der Waals surface area contributed by atoms with Crippen molar-refractivity contribution in [1.29, 1.82) is 5.26 Å². The van der Waals surface area contributed by atoms with Crippen LogP contribution in [0.2, 0.25) is 5.02 Å². The summed E-state index contributed by atoms with van der Waals surface area (Å²) in [5.41, 5.74) is 0.274. The first kappa shape index (κ1) is 12.3. The highest BCUT2D eigenvalue weighted by molar-refractivity contribution is 6.30. The van der Waals surface area contributed by atoms with E-state index in [1.807, 2.05) is 6.07 Å². The molecule has 90 valence electrons. The molecular formula is C13H8ClFN2O. The average molecular weight is 263 g/mol. The Morgan fingerprint density at radius 2 is 2.17 bits per heavy atom. The summed E-state index contributed by atoms with van der Waals surface area (Å²) < 4.78 is 14.6. The maximum absolute atomic E-state index is 13.3. The third kappa shape index (κ3) is 2.41. The van der Waals surface area contributed by atoms with E-state index in [0.29, 0.717) is 5.56 Å². The lowest BCUT2D eigenvalue weighted by molar-refractivity contribution is 0.623. The van der Waals surface area contributed by atoms with Crippen molar-refractivity contribution in [3.8, 4) is 6.07 Å². The summed E-state index contributed by atoms with van der Waals surface area (Å²) in [5, 5.41) is 8.79. The van der Waals surface area contributed by atoms with Crippen molar-refractivity contribution in [2.75, 3.05) is 0 Å². The minimum atomic E-state index is -0.529. The van der Waals surface area contributed by atoms with Gasteiger partial charge in [-0.3, -0.25) is 4.79 Å². The molecule has 1 aromatic carbocycles. The first-order valence-corrected chi connectivity index (χ1v) is 5.53. The molecule has 5 heteroatoms. The van der Waals surface area contributed by atoms with E-state index in [1.165, 1.54) is 22.8 Å². The Morgan fingerprint density at radius 1 is 1.39 bits per heavy atom. The number of halogens is 2. The van der Waals surface area contributed by atoms with Gasteiger partial charge in [0.2, 0.25) is 0 Å². The van der Waals surface area contributed by atoms with Gasteiger partial charge in [-0.1, -0.05) is 17.7 Å². The molecule has 1 aromatic heterocycles. The molecule has 0 atom stereocenters. The molecule has 0 unspecified atom stereocenters. The van der Waals surface area contributed by atoms with E-state index in [2.05, 4.69) is 0 Å². The fraction of sp³-hybridized carbons (Fsp3) is 0.0769. The highest BCUT2D eigenvalue weighted by Crippen LogP contribution is 2.15. The summed E-state index contributed by atoms with van der Waals surface area (Å²) >= 11 is 5.58. The number of nitrogens with zero attached hydrogens (tertiary/aromatic N) is 2. The molecule has 0 amide bonds. The third-order valence-electron chi connectivity index (χ3n) is 2.48. The van der Waals surface area contributed by atoms with Gasteiger partial charge in [0.15, 0.2) is 0 Å². The fourth-order valence-electron chi connectivity index (χ4n) is 1.58. The van der Waals surface area contributed by atoms with Crippen LogP contribution in [0.3, 0.4) is 0 Å². The Bertz CT molecular complexity index is 688. The van der Waals surface area contributed by atoms with Crippen LogP contribution in [0.5, 0.6) is 0 Å². The third-order valence-corrected chi connectivity index (χ3v) is 2.78. The molecular weight excluding hydrogens is 255 g/mol. The van der Waals surface area contributed by atoms with E-state index < -0.39 is 11.4 Å². The highest BCUT2D eigenvalue weighted by atomic mass is 35.5. The van der Waals surface area contributed by atoms with Crippen LogP contribution < -0.4 is 5.56 Å². The molecule has 0 radical (unpaired) electrons. The lowest BCUT2D eigenvalue weighted by Gasteiger charge is -2.06. The van der Waals surface area contributed by atoms with E-state index >= 15 is 0 Å². The van der Waals surface area contributed by atoms with Crippen LogP contribution in [-0.2, 0) is 6.54 Å². The Kier molecular flexibility index (Phi) is 3.45. The molecule has 0 spiro atoms. The molecule has 1 heterocycles. The minimum Gasteiger partial charge on any atom is -0.310 e. The normalized spacial score (nSPS) is 10.1. The van der Waals surface area contributed by atoms with Gasteiger partial charge in [0.1, 0.15) is 17.4 Å². The molecule has 0 N–H and O–H groups in total. The van der Waals surface area contributed by atoms with Crippen LogP contribution in [-0.4, -0.2) is 4.57 Å². The highest BCUT2D eigenvalue weighted by Gasteiger charge is 2.05. The summed E-state index contributed by atoms with van der Waals surface area (Å²) in [6, 6.07) is 9.21. The van der Waals surface area contributed by atoms with E-state index in [0.717, 1.165) is 0 Å². The summed E-state index contributed by atoms with van der Waals surface area (Å²) in [5.74, 6) is -0.529. The summed E-state index contributed by atoms with van der Waals surface area (Å²) in [4.78, 5) is 11.8. The number of pyridine rings is 1. The van der Waals surface area contributed by atoms with Crippen molar-refractivity contribution in [3.05, 3.63) is 68.8 Å². The smallest absolute Gasteiger partial charge is 0.268 e. The Labute approximate surface area is 108 Å². The number of aromatic nitrogens is 1. The van der Waals surface area contributed by atoms with Crippen molar-refractivity contribution >= 4 is 11.6 Å². The zero-order valence-electron chi connectivity index (χ0n) is 9.23. The van der Waals surface area contributed by atoms with E-state index in [4.69, 9.17) is 16.9 Å². The number of hydrogen-bond donors (Lipinski definition) is 0. The number of hydrogen-bond acceptors (Lipinski definition) is 2. The number of rotatable bonds is 2. The molecule has 0 aliphatic heterocycles. The molecule has 2 aromatic rings. The van der Waals surface area contributed by atoms with Crippen LogP contribution in [0.1, 0.15) is 11.1 Å². The van der Waals surface area contributed by atoms with Crippen LogP contribution >= 0.6 is 11.6 Å². The summed E-state index contributed by atoms with van der Waals surface area (Å²) in [6.07, 6.45) is 1.55. The molecule has 0 saturated heterocycles. The second-order valence-electron chi connectivity index (χ2n) is 3.72. The topological polar surface area (TPSA) is 45.8 Å². The van der Waals surface area contributed by atoms with Crippen molar-refractivity contribution < 1.29 is 4.39 Å². The monoisotopic (exact) mass is 262 g/mol. The SMILES string of the molecule is N#Cc1cccn(Cc2ccc(Cl)c(F)c2)c1=O. The van der Waals surface area contributed by atoms with Gasteiger partial charge in [0, 0.05) is 6.20 Å². The minimum absolute atomic E-state index is 0.0388. The number of benzene rings is 1. The van der Waals surface area contributed by atoms with E-state index in [-0.39, 0.29) is 17.1 Å². The maximum atomic E-state index is 13.3. The molecule has 0 bridgehead atoms. The summed E-state index contributed by atoms with van der Waals surface area (Å²) in [6.45, 7) is 0.197. The van der Waals surface area contributed by atoms with Crippen molar-refractivity contribution in [2.45, 2.75) is 6.54 Å². The Morgan fingerprint density at radius 3 is 2.83 bits per heavy atom. The molecule has 18 heavy (non-hydrogen) atoms. The van der Waals surface area contributed by atoms with Crippen molar-refractivity contribution in [1.82, 2.24) is 4.57 Å².